The molecule has 1 N–H and O–H groups in total. The Hall–Kier alpha value is -2.00. The maximum absolute atomic E-state index is 13.2. The Morgan fingerprint density at radius 2 is 1.83 bits per heavy atom. The van der Waals surface area contributed by atoms with E-state index >= 15 is 0 Å². The average molecular weight is 438 g/mol. The standard InChI is InChI=1S/C20H24ClN3O4S/c1-13-11-24(12-14(2)28-13)29(26,27)19-10-17(4-5-18(19)21)20(25)23-15(3)16-6-8-22-9-7-16/h4-10,13-15H,11-12H2,1-3H3,(H,23,25). The molecular formula is C20H24ClN3O4S. The number of nitrogens with zero attached hydrogens (tertiary/aromatic N) is 2. The molecule has 2 heterocycles. The summed E-state index contributed by atoms with van der Waals surface area (Å²) in [7, 11) is -3.86. The van der Waals surface area contributed by atoms with Gasteiger partial charge in [0, 0.05) is 31.0 Å². The monoisotopic (exact) mass is 437 g/mol. The Morgan fingerprint density at radius 1 is 1.21 bits per heavy atom. The van der Waals surface area contributed by atoms with Crippen molar-refractivity contribution in [2.24, 2.45) is 0 Å². The lowest BCUT2D eigenvalue weighted by atomic mass is 10.1. The van der Waals surface area contributed by atoms with E-state index in [1.54, 1.807) is 12.4 Å². The summed E-state index contributed by atoms with van der Waals surface area (Å²) in [6.07, 6.45) is 2.85. The number of ether oxygens (including phenoxy) is 1. The van der Waals surface area contributed by atoms with Crippen molar-refractivity contribution in [2.75, 3.05) is 13.1 Å². The lowest BCUT2D eigenvalue weighted by molar-refractivity contribution is -0.0440. The number of rotatable bonds is 5. The van der Waals surface area contributed by atoms with E-state index in [2.05, 4.69) is 10.3 Å². The number of carbonyl (C=O) groups is 1. The number of nitrogens with one attached hydrogen (secondary N) is 1. The van der Waals surface area contributed by atoms with Crippen LogP contribution in [-0.4, -0.2) is 48.9 Å². The first-order valence-electron chi connectivity index (χ1n) is 9.34. The van der Waals surface area contributed by atoms with Gasteiger partial charge in [-0.05, 0) is 56.7 Å². The molecule has 1 aliphatic heterocycles. The highest BCUT2D eigenvalue weighted by Crippen LogP contribution is 2.28. The molecular weight excluding hydrogens is 414 g/mol. The lowest BCUT2D eigenvalue weighted by Crippen LogP contribution is -2.48. The van der Waals surface area contributed by atoms with E-state index in [4.69, 9.17) is 16.3 Å². The molecule has 1 aliphatic rings. The van der Waals surface area contributed by atoms with Gasteiger partial charge in [0.1, 0.15) is 4.90 Å². The first-order valence-corrected chi connectivity index (χ1v) is 11.2. The van der Waals surface area contributed by atoms with Crippen LogP contribution in [0.2, 0.25) is 5.02 Å². The zero-order valence-corrected chi connectivity index (χ0v) is 18.1. The molecule has 1 saturated heterocycles. The summed E-state index contributed by atoms with van der Waals surface area (Å²) in [5, 5.41) is 2.95. The van der Waals surface area contributed by atoms with Crippen molar-refractivity contribution in [3.05, 3.63) is 58.9 Å². The SMILES string of the molecule is CC1CN(S(=O)(=O)c2cc(C(=O)NC(C)c3ccncc3)ccc2Cl)CC(C)O1. The first-order chi connectivity index (χ1) is 13.7. The van der Waals surface area contributed by atoms with Crippen LogP contribution in [0.1, 0.15) is 42.7 Å². The summed E-state index contributed by atoms with van der Waals surface area (Å²) in [4.78, 5) is 16.6. The van der Waals surface area contributed by atoms with Gasteiger partial charge in [-0.1, -0.05) is 11.6 Å². The Balaban J connectivity index is 1.85. The van der Waals surface area contributed by atoms with Gasteiger partial charge in [-0.25, -0.2) is 8.42 Å². The van der Waals surface area contributed by atoms with Crippen molar-refractivity contribution >= 4 is 27.5 Å². The zero-order chi connectivity index (χ0) is 21.2. The third-order valence-electron chi connectivity index (χ3n) is 4.75. The number of morpholine rings is 1. The van der Waals surface area contributed by atoms with Gasteiger partial charge in [0.15, 0.2) is 0 Å². The average Bonchev–Trinajstić information content (AvgIpc) is 2.68. The van der Waals surface area contributed by atoms with Crippen molar-refractivity contribution in [2.45, 2.75) is 43.9 Å². The Labute approximate surface area is 176 Å². The highest BCUT2D eigenvalue weighted by Gasteiger charge is 2.34. The maximum atomic E-state index is 13.2. The van der Waals surface area contributed by atoms with Crippen LogP contribution in [0.25, 0.3) is 0 Å². The predicted molar refractivity (Wildman–Crippen MR) is 110 cm³/mol. The van der Waals surface area contributed by atoms with Gasteiger partial charge in [-0.15, -0.1) is 0 Å². The normalized spacial score (nSPS) is 21.5. The van der Waals surface area contributed by atoms with Gasteiger partial charge in [0.25, 0.3) is 5.91 Å². The zero-order valence-electron chi connectivity index (χ0n) is 16.5. The molecule has 0 radical (unpaired) electrons. The number of benzene rings is 1. The largest absolute Gasteiger partial charge is 0.373 e. The van der Waals surface area contributed by atoms with Gasteiger partial charge < -0.3 is 10.1 Å². The number of hydrogen-bond donors (Lipinski definition) is 1. The minimum absolute atomic E-state index is 0.0790. The number of hydrogen-bond acceptors (Lipinski definition) is 5. The molecule has 1 aromatic heterocycles. The maximum Gasteiger partial charge on any atom is 0.251 e. The minimum Gasteiger partial charge on any atom is -0.373 e. The molecule has 3 rings (SSSR count). The third kappa shape index (κ3) is 4.95. The molecule has 3 atom stereocenters. The van der Waals surface area contributed by atoms with Crippen molar-refractivity contribution < 1.29 is 17.9 Å². The summed E-state index contributed by atoms with van der Waals surface area (Å²) in [5.74, 6) is -0.383. The number of pyridine rings is 1. The molecule has 1 amide bonds. The van der Waals surface area contributed by atoms with E-state index < -0.39 is 10.0 Å². The summed E-state index contributed by atoms with van der Waals surface area (Å²) in [5.41, 5.74) is 1.12. The summed E-state index contributed by atoms with van der Waals surface area (Å²) < 4.78 is 33.3. The van der Waals surface area contributed by atoms with Crippen LogP contribution in [-0.2, 0) is 14.8 Å². The second kappa shape index (κ2) is 8.79. The van der Waals surface area contributed by atoms with Crippen molar-refractivity contribution in [1.29, 1.82) is 0 Å². The Morgan fingerprint density at radius 3 is 2.45 bits per heavy atom. The van der Waals surface area contributed by atoms with Gasteiger partial charge in [0.05, 0.1) is 23.3 Å². The quantitative estimate of drug-likeness (QED) is 0.776. The lowest BCUT2D eigenvalue weighted by Gasteiger charge is -2.34. The van der Waals surface area contributed by atoms with E-state index in [-0.39, 0.29) is 52.7 Å². The van der Waals surface area contributed by atoms with Crippen LogP contribution in [0.4, 0.5) is 0 Å². The molecule has 0 bridgehead atoms. The fraction of sp³-hybridized carbons (Fsp3) is 0.400. The smallest absolute Gasteiger partial charge is 0.251 e. The molecule has 0 aliphatic carbocycles. The molecule has 9 heteroatoms. The topological polar surface area (TPSA) is 88.6 Å². The number of halogens is 1. The molecule has 1 aromatic carbocycles. The molecule has 7 nitrogen and oxygen atoms in total. The van der Waals surface area contributed by atoms with Crippen LogP contribution < -0.4 is 5.32 Å². The highest BCUT2D eigenvalue weighted by atomic mass is 35.5. The van der Waals surface area contributed by atoms with E-state index in [0.29, 0.717) is 0 Å². The summed E-state index contributed by atoms with van der Waals surface area (Å²) >= 11 is 6.20. The fourth-order valence-corrected chi connectivity index (χ4v) is 5.41. The molecule has 156 valence electrons. The fourth-order valence-electron chi connectivity index (χ4n) is 3.32. The number of aromatic nitrogens is 1. The van der Waals surface area contributed by atoms with Crippen LogP contribution in [0, 0.1) is 0 Å². The van der Waals surface area contributed by atoms with E-state index in [9.17, 15) is 13.2 Å². The van der Waals surface area contributed by atoms with E-state index in [1.165, 1.54) is 22.5 Å². The molecule has 29 heavy (non-hydrogen) atoms. The summed E-state index contributed by atoms with van der Waals surface area (Å²) in [6.45, 7) is 5.96. The van der Waals surface area contributed by atoms with Gasteiger partial charge in [-0.2, -0.15) is 4.31 Å². The van der Waals surface area contributed by atoms with Crippen LogP contribution in [0.5, 0.6) is 0 Å². The first kappa shape index (κ1) is 21.7. The molecule has 1 fully saturated rings. The van der Waals surface area contributed by atoms with Crippen LogP contribution in [0.15, 0.2) is 47.6 Å². The van der Waals surface area contributed by atoms with E-state index in [1.807, 2.05) is 32.9 Å². The molecule has 2 aromatic rings. The van der Waals surface area contributed by atoms with Gasteiger partial charge >= 0.3 is 0 Å². The number of sulfonamides is 1. The summed E-state index contributed by atoms with van der Waals surface area (Å²) in [6, 6.07) is 7.64. The second-order valence-electron chi connectivity index (χ2n) is 7.20. The Bertz CT molecular complexity index is 974. The number of amides is 1. The highest BCUT2D eigenvalue weighted by molar-refractivity contribution is 7.89. The van der Waals surface area contributed by atoms with Gasteiger partial charge in [0.2, 0.25) is 10.0 Å². The van der Waals surface area contributed by atoms with E-state index in [0.717, 1.165) is 5.56 Å². The van der Waals surface area contributed by atoms with Crippen molar-refractivity contribution in [3.63, 3.8) is 0 Å². The predicted octanol–water partition coefficient (Wildman–Crippen LogP) is 3.02. The van der Waals surface area contributed by atoms with Crippen LogP contribution >= 0.6 is 11.6 Å². The molecule has 3 unspecified atom stereocenters. The Kier molecular flexibility index (Phi) is 6.58. The number of carbonyl (C=O) groups excluding carboxylic acids is 1. The van der Waals surface area contributed by atoms with Gasteiger partial charge in [-0.3, -0.25) is 9.78 Å². The van der Waals surface area contributed by atoms with Crippen LogP contribution in [0.3, 0.4) is 0 Å². The second-order valence-corrected chi connectivity index (χ2v) is 9.51. The minimum atomic E-state index is -3.86. The molecule has 0 spiro atoms. The van der Waals surface area contributed by atoms with Crippen molar-refractivity contribution in [1.82, 2.24) is 14.6 Å². The molecule has 0 saturated carbocycles. The third-order valence-corrected chi connectivity index (χ3v) is 7.06. The van der Waals surface area contributed by atoms with Crippen molar-refractivity contribution in [3.8, 4) is 0 Å².